The largest absolute Gasteiger partial charge is 0.413 e. The second-order valence-corrected chi connectivity index (χ2v) is 4.67. The van der Waals surface area contributed by atoms with Crippen molar-refractivity contribution in [2.45, 2.75) is 26.3 Å². The first-order valence-electron chi connectivity index (χ1n) is 4.67. The monoisotopic (exact) mass is 244 g/mol. The predicted octanol–water partition coefficient (Wildman–Crippen LogP) is 1.92. The number of aromatic amines is 1. The molecule has 0 radical (unpaired) electrons. The van der Waals surface area contributed by atoms with Crippen molar-refractivity contribution in [3.8, 4) is 5.75 Å². The average molecular weight is 245 g/mol. The number of carbonyl (C=O) groups excluding carboxylic acids is 1. The molecular formula is C10H13ClN2O3. The maximum atomic E-state index is 11.3. The van der Waals surface area contributed by atoms with Crippen molar-refractivity contribution in [1.82, 2.24) is 10.3 Å². The van der Waals surface area contributed by atoms with E-state index in [-0.39, 0.29) is 10.9 Å². The number of nitrogens with one attached hydrogen (secondary N) is 2. The Balaban J connectivity index is 2.74. The molecule has 1 rings (SSSR count). The van der Waals surface area contributed by atoms with Crippen LogP contribution in [0.3, 0.4) is 0 Å². The number of H-pyrrole nitrogens is 1. The third-order valence-corrected chi connectivity index (χ3v) is 1.74. The third kappa shape index (κ3) is 3.94. The van der Waals surface area contributed by atoms with E-state index in [9.17, 15) is 9.59 Å². The highest BCUT2D eigenvalue weighted by Crippen LogP contribution is 2.07. The topological polar surface area (TPSA) is 71.2 Å². The molecule has 5 nitrogen and oxygen atoms in total. The van der Waals surface area contributed by atoms with Gasteiger partial charge >= 0.3 is 6.09 Å². The minimum Gasteiger partial charge on any atom is -0.404 e. The standard InChI is InChI=1S/C10H13ClN2O3/c1-10(2,3)13-9(15)16-6-4-5-7(11)12-8(6)14/h4-5H,1-3H3,(H,12,14)(H,13,15). The Labute approximate surface area is 97.8 Å². The van der Waals surface area contributed by atoms with E-state index in [1.807, 2.05) is 0 Å². The number of amides is 1. The molecule has 1 heterocycles. The van der Waals surface area contributed by atoms with Crippen molar-refractivity contribution >= 4 is 17.7 Å². The second-order valence-electron chi connectivity index (χ2n) is 4.26. The third-order valence-electron chi connectivity index (χ3n) is 1.52. The van der Waals surface area contributed by atoms with Crippen molar-refractivity contribution in [1.29, 1.82) is 0 Å². The van der Waals surface area contributed by atoms with Crippen LogP contribution in [0, 0.1) is 0 Å². The molecule has 0 bridgehead atoms. The zero-order valence-electron chi connectivity index (χ0n) is 9.26. The summed E-state index contributed by atoms with van der Waals surface area (Å²) in [7, 11) is 0. The predicted molar refractivity (Wildman–Crippen MR) is 61.0 cm³/mol. The summed E-state index contributed by atoms with van der Waals surface area (Å²) in [6, 6.07) is 2.77. The maximum Gasteiger partial charge on any atom is 0.413 e. The lowest BCUT2D eigenvalue weighted by molar-refractivity contribution is 0.190. The van der Waals surface area contributed by atoms with Crippen LogP contribution in [-0.4, -0.2) is 16.6 Å². The van der Waals surface area contributed by atoms with E-state index in [0.29, 0.717) is 0 Å². The number of ether oxygens (including phenoxy) is 1. The van der Waals surface area contributed by atoms with E-state index in [2.05, 4.69) is 10.3 Å². The lowest BCUT2D eigenvalue weighted by Crippen LogP contribution is -2.42. The number of pyridine rings is 1. The Bertz CT molecular complexity index is 448. The molecule has 0 aliphatic rings. The fourth-order valence-corrected chi connectivity index (χ4v) is 1.10. The molecule has 0 aromatic carbocycles. The van der Waals surface area contributed by atoms with E-state index in [1.54, 1.807) is 20.8 Å². The van der Waals surface area contributed by atoms with Crippen LogP contribution in [0.25, 0.3) is 0 Å². The number of aromatic nitrogens is 1. The normalized spacial score (nSPS) is 11.0. The molecule has 1 aromatic heterocycles. The molecule has 16 heavy (non-hydrogen) atoms. The molecule has 0 aliphatic carbocycles. The van der Waals surface area contributed by atoms with Crippen LogP contribution in [0.5, 0.6) is 5.75 Å². The van der Waals surface area contributed by atoms with Crippen LogP contribution < -0.4 is 15.6 Å². The van der Waals surface area contributed by atoms with Gasteiger partial charge in [-0.2, -0.15) is 0 Å². The van der Waals surface area contributed by atoms with Crippen molar-refractivity contribution < 1.29 is 9.53 Å². The van der Waals surface area contributed by atoms with Gasteiger partial charge < -0.3 is 15.0 Å². The van der Waals surface area contributed by atoms with Crippen LogP contribution in [0.15, 0.2) is 16.9 Å². The van der Waals surface area contributed by atoms with Gasteiger partial charge in [-0.1, -0.05) is 11.6 Å². The molecule has 1 amide bonds. The zero-order valence-corrected chi connectivity index (χ0v) is 10.0. The molecule has 0 spiro atoms. The van der Waals surface area contributed by atoms with Gasteiger partial charge in [0.25, 0.3) is 5.56 Å². The minimum atomic E-state index is -0.680. The lowest BCUT2D eigenvalue weighted by Gasteiger charge is -2.19. The molecule has 88 valence electrons. The molecule has 0 aliphatic heterocycles. The quantitative estimate of drug-likeness (QED) is 0.742. The van der Waals surface area contributed by atoms with E-state index in [0.717, 1.165) is 0 Å². The van der Waals surface area contributed by atoms with E-state index < -0.39 is 17.2 Å². The van der Waals surface area contributed by atoms with Crippen LogP contribution in [0.1, 0.15) is 20.8 Å². The molecule has 6 heteroatoms. The smallest absolute Gasteiger partial charge is 0.404 e. The van der Waals surface area contributed by atoms with Crippen LogP contribution in [0.4, 0.5) is 4.79 Å². The summed E-state index contributed by atoms with van der Waals surface area (Å²) in [5, 5.41) is 2.75. The zero-order chi connectivity index (χ0) is 12.3. The van der Waals surface area contributed by atoms with Gasteiger partial charge in [-0.05, 0) is 32.9 Å². The highest BCUT2D eigenvalue weighted by Gasteiger charge is 2.16. The number of hydrogen-bond donors (Lipinski definition) is 2. The fourth-order valence-electron chi connectivity index (χ4n) is 0.948. The van der Waals surface area contributed by atoms with E-state index in [4.69, 9.17) is 16.3 Å². The molecule has 0 atom stereocenters. The molecule has 1 aromatic rings. The van der Waals surface area contributed by atoms with E-state index >= 15 is 0 Å². The Hall–Kier alpha value is -1.49. The summed E-state index contributed by atoms with van der Waals surface area (Å²) in [6.07, 6.45) is -0.680. The lowest BCUT2D eigenvalue weighted by atomic mass is 10.1. The Morgan fingerprint density at radius 2 is 2.06 bits per heavy atom. The average Bonchev–Trinajstić information content (AvgIpc) is 2.06. The van der Waals surface area contributed by atoms with Gasteiger partial charge in [0.2, 0.25) is 0 Å². The summed E-state index contributed by atoms with van der Waals surface area (Å²) in [6.45, 7) is 5.42. The van der Waals surface area contributed by atoms with E-state index in [1.165, 1.54) is 12.1 Å². The summed E-state index contributed by atoms with van der Waals surface area (Å²) < 4.78 is 4.82. The highest BCUT2D eigenvalue weighted by molar-refractivity contribution is 6.29. The minimum absolute atomic E-state index is 0.0915. The number of hydrogen-bond acceptors (Lipinski definition) is 3. The molecule has 0 unspecified atom stereocenters. The van der Waals surface area contributed by atoms with Gasteiger partial charge in [-0.25, -0.2) is 4.79 Å². The van der Waals surface area contributed by atoms with Crippen LogP contribution in [-0.2, 0) is 0 Å². The molecule has 0 saturated carbocycles. The van der Waals surface area contributed by atoms with Gasteiger partial charge in [0.05, 0.1) is 0 Å². The Morgan fingerprint density at radius 3 is 2.56 bits per heavy atom. The van der Waals surface area contributed by atoms with Crippen molar-refractivity contribution in [3.63, 3.8) is 0 Å². The first-order chi connectivity index (χ1) is 7.28. The first-order valence-corrected chi connectivity index (χ1v) is 5.04. The highest BCUT2D eigenvalue weighted by atomic mass is 35.5. The molecule has 2 N–H and O–H groups in total. The van der Waals surface area contributed by atoms with Gasteiger partial charge in [-0.15, -0.1) is 0 Å². The second kappa shape index (κ2) is 4.57. The van der Waals surface area contributed by atoms with Gasteiger partial charge in [-0.3, -0.25) is 4.79 Å². The first kappa shape index (κ1) is 12.6. The summed E-state index contributed by atoms with van der Waals surface area (Å²) in [4.78, 5) is 25.0. The summed E-state index contributed by atoms with van der Waals surface area (Å²) in [5.74, 6) is -0.0915. The van der Waals surface area contributed by atoms with Crippen LogP contribution in [0.2, 0.25) is 5.15 Å². The van der Waals surface area contributed by atoms with Crippen molar-refractivity contribution in [2.24, 2.45) is 0 Å². The van der Waals surface area contributed by atoms with Gasteiger partial charge in [0.15, 0.2) is 5.75 Å². The van der Waals surface area contributed by atoms with Crippen molar-refractivity contribution in [2.75, 3.05) is 0 Å². The maximum absolute atomic E-state index is 11.3. The fraction of sp³-hybridized carbons (Fsp3) is 0.400. The number of halogens is 1. The number of rotatable bonds is 1. The van der Waals surface area contributed by atoms with Crippen LogP contribution >= 0.6 is 11.6 Å². The Kier molecular flexibility index (Phi) is 3.59. The molecular weight excluding hydrogens is 232 g/mol. The SMILES string of the molecule is CC(C)(C)NC(=O)Oc1ccc(Cl)[nH]c1=O. The Morgan fingerprint density at radius 1 is 1.44 bits per heavy atom. The molecule has 0 saturated heterocycles. The molecule has 0 fully saturated rings. The number of carbonyl (C=O) groups is 1. The summed E-state index contributed by atoms with van der Waals surface area (Å²) >= 11 is 5.55. The van der Waals surface area contributed by atoms with Crippen molar-refractivity contribution in [3.05, 3.63) is 27.6 Å². The van der Waals surface area contributed by atoms with Gasteiger partial charge in [0.1, 0.15) is 5.15 Å². The van der Waals surface area contributed by atoms with Gasteiger partial charge in [0, 0.05) is 5.54 Å². The summed E-state index contributed by atoms with van der Waals surface area (Å²) in [5.41, 5.74) is -0.965.